The average molecular weight is 582 g/mol. The van der Waals surface area contributed by atoms with E-state index in [4.69, 9.17) is 0 Å². The van der Waals surface area contributed by atoms with Crippen LogP contribution in [0.3, 0.4) is 0 Å². The Kier molecular flexibility index (Phi) is 5.72. The Bertz CT molecular complexity index is 2410. The van der Waals surface area contributed by atoms with Crippen molar-refractivity contribution in [3.05, 3.63) is 138 Å². The molecular formula is C38H26F3N3. The van der Waals surface area contributed by atoms with Crippen LogP contribution in [-0.2, 0) is 6.18 Å². The summed E-state index contributed by atoms with van der Waals surface area (Å²) in [6, 6.07) is 34.5. The number of nitrogens with zero attached hydrogens (tertiary/aromatic N) is 3. The Morgan fingerprint density at radius 3 is 1.66 bits per heavy atom. The van der Waals surface area contributed by atoms with E-state index in [0.717, 1.165) is 66.0 Å². The van der Waals surface area contributed by atoms with Crippen molar-refractivity contribution in [1.82, 2.24) is 14.1 Å². The van der Waals surface area contributed by atoms with Crippen molar-refractivity contribution in [2.75, 3.05) is 0 Å². The number of benzene rings is 5. The quantitative estimate of drug-likeness (QED) is 0.204. The number of halogens is 3. The minimum absolute atomic E-state index is 0.445. The van der Waals surface area contributed by atoms with Crippen LogP contribution in [0, 0.1) is 13.8 Å². The molecule has 0 fully saturated rings. The minimum Gasteiger partial charge on any atom is -0.309 e. The van der Waals surface area contributed by atoms with Gasteiger partial charge in [-0.25, -0.2) is 0 Å². The van der Waals surface area contributed by atoms with Crippen molar-refractivity contribution >= 4 is 43.6 Å². The average Bonchev–Trinajstić information content (AvgIpc) is 3.52. The molecule has 8 aromatic rings. The zero-order chi connectivity index (χ0) is 30.2. The molecule has 0 unspecified atom stereocenters. The van der Waals surface area contributed by atoms with Crippen LogP contribution in [0.4, 0.5) is 13.2 Å². The molecule has 0 spiro atoms. The largest absolute Gasteiger partial charge is 0.416 e. The van der Waals surface area contributed by atoms with Gasteiger partial charge in [0.15, 0.2) is 0 Å². The highest BCUT2D eigenvalue weighted by atomic mass is 19.4. The van der Waals surface area contributed by atoms with E-state index in [1.165, 1.54) is 12.1 Å². The number of fused-ring (bicyclic) bond motifs is 6. The first-order valence-electron chi connectivity index (χ1n) is 14.5. The van der Waals surface area contributed by atoms with Gasteiger partial charge < -0.3 is 9.13 Å². The molecule has 3 heterocycles. The fourth-order valence-electron chi connectivity index (χ4n) is 6.60. The fraction of sp³-hybridized carbons (Fsp3) is 0.0789. The van der Waals surface area contributed by atoms with Gasteiger partial charge >= 0.3 is 6.18 Å². The topological polar surface area (TPSA) is 22.8 Å². The first-order valence-corrected chi connectivity index (χ1v) is 14.5. The van der Waals surface area contributed by atoms with E-state index in [0.29, 0.717) is 11.3 Å². The van der Waals surface area contributed by atoms with Crippen molar-refractivity contribution in [2.24, 2.45) is 0 Å². The molecule has 0 atom stereocenters. The van der Waals surface area contributed by atoms with Crippen LogP contribution in [0.1, 0.15) is 16.7 Å². The van der Waals surface area contributed by atoms with Gasteiger partial charge in [-0.3, -0.25) is 4.98 Å². The van der Waals surface area contributed by atoms with E-state index in [9.17, 15) is 13.2 Å². The number of rotatable bonds is 3. The molecule has 6 heteroatoms. The Morgan fingerprint density at radius 2 is 1.07 bits per heavy atom. The number of hydrogen-bond acceptors (Lipinski definition) is 1. The summed E-state index contributed by atoms with van der Waals surface area (Å²) >= 11 is 0. The summed E-state index contributed by atoms with van der Waals surface area (Å²) in [5, 5.41) is 4.21. The summed E-state index contributed by atoms with van der Waals surface area (Å²) in [5.41, 5.74) is 7.93. The van der Waals surface area contributed by atoms with E-state index >= 15 is 0 Å². The van der Waals surface area contributed by atoms with Crippen LogP contribution in [0.5, 0.6) is 0 Å². The van der Waals surface area contributed by atoms with Gasteiger partial charge in [0.25, 0.3) is 0 Å². The van der Waals surface area contributed by atoms with Gasteiger partial charge in [0.05, 0.1) is 39.0 Å². The second-order valence-electron chi connectivity index (χ2n) is 11.4. The van der Waals surface area contributed by atoms with Crippen LogP contribution in [0.25, 0.3) is 66.1 Å². The van der Waals surface area contributed by atoms with Crippen molar-refractivity contribution in [3.63, 3.8) is 0 Å². The van der Waals surface area contributed by atoms with E-state index in [1.54, 1.807) is 18.5 Å². The molecule has 0 aliphatic heterocycles. The SMILES string of the molecule is Cc1ccc2c(c1)c1ccccc1n2-c1ccncc1-c1ccc(C(F)(F)F)cc1-n1c2ccccc2c2cc(C)ccc21. The van der Waals surface area contributed by atoms with Gasteiger partial charge in [-0.2, -0.15) is 13.2 Å². The Labute approximate surface area is 251 Å². The van der Waals surface area contributed by atoms with Crippen LogP contribution in [-0.4, -0.2) is 14.1 Å². The van der Waals surface area contributed by atoms with Gasteiger partial charge in [0.1, 0.15) is 0 Å². The first-order chi connectivity index (χ1) is 21.3. The number of aromatic nitrogens is 3. The van der Waals surface area contributed by atoms with Crippen molar-refractivity contribution in [1.29, 1.82) is 0 Å². The number of alkyl halides is 3. The summed E-state index contributed by atoms with van der Waals surface area (Å²) in [7, 11) is 0. The number of para-hydroxylation sites is 2. The van der Waals surface area contributed by atoms with Gasteiger partial charge in [-0.05, 0) is 68.4 Å². The van der Waals surface area contributed by atoms with E-state index in [1.807, 2.05) is 66.1 Å². The second-order valence-corrected chi connectivity index (χ2v) is 11.4. The van der Waals surface area contributed by atoms with Crippen LogP contribution < -0.4 is 0 Å². The van der Waals surface area contributed by atoms with Crippen molar-refractivity contribution < 1.29 is 13.2 Å². The third kappa shape index (κ3) is 3.94. The summed E-state index contributed by atoms with van der Waals surface area (Å²) in [5.74, 6) is 0. The van der Waals surface area contributed by atoms with E-state index in [-0.39, 0.29) is 0 Å². The summed E-state index contributed by atoms with van der Waals surface area (Å²) in [6.07, 6.45) is -1.01. The molecule has 0 amide bonds. The smallest absolute Gasteiger partial charge is 0.309 e. The van der Waals surface area contributed by atoms with Gasteiger partial charge in [0.2, 0.25) is 0 Å². The highest BCUT2D eigenvalue weighted by Crippen LogP contribution is 2.42. The molecule has 5 aromatic carbocycles. The van der Waals surface area contributed by atoms with Gasteiger partial charge in [-0.15, -0.1) is 0 Å². The highest BCUT2D eigenvalue weighted by Gasteiger charge is 2.32. The lowest BCUT2D eigenvalue weighted by Gasteiger charge is -2.19. The van der Waals surface area contributed by atoms with Crippen LogP contribution >= 0.6 is 0 Å². The molecule has 0 aliphatic rings. The molecule has 0 N–H and O–H groups in total. The molecule has 214 valence electrons. The summed E-state index contributed by atoms with van der Waals surface area (Å²) in [6.45, 7) is 4.10. The third-order valence-electron chi connectivity index (χ3n) is 8.55. The Hall–Kier alpha value is -5.36. The minimum atomic E-state index is -4.51. The number of pyridine rings is 1. The molecule has 8 rings (SSSR count). The van der Waals surface area contributed by atoms with Crippen molar-refractivity contribution in [3.8, 4) is 22.5 Å². The van der Waals surface area contributed by atoms with Crippen LogP contribution in [0.2, 0.25) is 0 Å². The maximum Gasteiger partial charge on any atom is 0.416 e. The predicted octanol–water partition coefficient (Wildman–Crippen LogP) is 10.6. The fourth-order valence-corrected chi connectivity index (χ4v) is 6.60. The van der Waals surface area contributed by atoms with E-state index in [2.05, 4.69) is 52.9 Å². The Morgan fingerprint density at radius 1 is 0.523 bits per heavy atom. The van der Waals surface area contributed by atoms with E-state index < -0.39 is 11.7 Å². The summed E-state index contributed by atoms with van der Waals surface area (Å²) < 4.78 is 47.0. The molecule has 0 radical (unpaired) electrons. The van der Waals surface area contributed by atoms with Gasteiger partial charge in [-0.1, -0.05) is 65.7 Å². The number of aryl methyl sites for hydroxylation is 2. The molecule has 3 aromatic heterocycles. The molecule has 44 heavy (non-hydrogen) atoms. The summed E-state index contributed by atoms with van der Waals surface area (Å²) in [4.78, 5) is 4.49. The number of hydrogen-bond donors (Lipinski definition) is 0. The molecule has 0 bridgehead atoms. The lowest BCUT2D eigenvalue weighted by Crippen LogP contribution is -2.08. The lowest BCUT2D eigenvalue weighted by atomic mass is 10.00. The standard InChI is InChI=1S/C38H26F3N3/c1-23-11-15-34-29(19-23)26-7-3-5-9-32(26)43(34)36-17-18-42-22-31(36)28-14-13-25(38(39,40)41)21-37(28)44-33-10-6-4-8-27(33)30-20-24(2)12-16-35(30)44/h3-22H,1-2H3. The molecule has 0 saturated heterocycles. The molecule has 3 nitrogen and oxygen atoms in total. The van der Waals surface area contributed by atoms with Gasteiger partial charge in [0, 0.05) is 45.1 Å². The normalized spacial score (nSPS) is 12.2. The molecule has 0 saturated carbocycles. The Balaban J connectivity index is 1.49. The zero-order valence-corrected chi connectivity index (χ0v) is 24.0. The predicted molar refractivity (Wildman–Crippen MR) is 173 cm³/mol. The maximum absolute atomic E-state index is 14.3. The highest BCUT2D eigenvalue weighted by molar-refractivity contribution is 6.11. The third-order valence-corrected chi connectivity index (χ3v) is 8.55. The lowest BCUT2D eigenvalue weighted by molar-refractivity contribution is -0.137. The zero-order valence-electron chi connectivity index (χ0n) is 24.0. The van der Waals surface area contributed by atoms with Crippen LogP contribution in [0.15, 0.2) is 122 Å². The first kappa shape index (κ1) is 26.3. The second kappa shape index (κ2) is 9.58. The molecular weight excluding hydrogens is 555 g/mol. The molecule has 0 aliphatic carbocycles. The van der Waals surface area contributed by atoms with Crippen molar-refractivity contribution in [2.45, 2.75) is 20.0 Å². The maximum atomic E-state index is 14.3. The monoisotopic (exact) mass is 581 g/mol.